The molecule has 1 unspecified atom stereocenters. The Hall–Kier alpha value is -2.24. The number of hydrogen-bond acceptors (Lipinski definition) is 3. The van der Waals surface area contributed by atoms with E-state index in [4.69, 9.17) is 4.98 Å². The van der Waals surface area contributed by atoms with E-state index in [1.807, 2.05) is 25.1 Å². The van der Waals surface area contributed by atoms with Gasteiger partial charge in [0, 0.05) is 5.69 Å². The third-order valence-electron chi connectivity index (χ3n) is 5.34. The number of hydrogen-bond donors (Lipinski definition) is 2. The number of benzene rings is 2. The van der Waals surface area contributed by atoms with Crippen LogP contribution in [-0.4, -0.2) is 30.5 Å². The van der Waals surface area contributed by atoms with Crippen LogP contribution >= 0.6 is 11.3 Å². The summed E-state index contributed by atoms with van der Waals surface area (Å²) in [4.78, 5) is 18.8. The molecule has 0 bridgehead atoms. The Bertz CT molecular complexity index is 932. The smallest absolute Gasteiger partial charge is 0.279 e. The Morgan fingerprint density at radius 3 is 2.93 bits per heavy atom. The van der Waals surface area contributed by atoms with Gasteiger partial charge in [-0.2, -0.15) is 0 Å². The molecule has 140 valence electrons. The Labute approximate surface area is 164 Å². The molecular weight excluding hydrogens is 354 g/mol. The number of carbonyl (C=O) groups excluding carboxylic acids is 1. The van der Waals surface area contributed by atoms with Gasteiger partial charge in [-0.15, -0.1) is 11.3 Å². The van der Waals surface area contributed by atoms with Crippen LogP contribution in [0.3, 0.4) is 0 Å². The largest absolute Gasteiger partial charge is 0.327 e. The molecule has 4 nitrogen and oxygen atoms in total. The molecule has 1 amide bonds. The molecule has 2 N–H and O–H groups in total. The number of quaternary nitrogens is 1. The zero-order valence-electron chi connectivity index (χ0n) is 15.9. The second-order valence-corrected chi connectivity index (χ2v) is 8.67. The lowest BCUT2D eigenvalue weighted by molar-refractivity contribution is -0.898. The first-order valence-corrected chi connectivity index (χ1v) is 10.5. The molecule has 2 atom stereocenters. The maximum Gasteiger partial charge on any atom is 0.279 e. The molecule has 2 heterocycles. The predicted octanol–water partition coefficient (Wildman–Crippen LogP) is 3.31. The molecule has 0 aliphatic carbocycles. The van der Waals surface area contributed by atoms with Crippen molar-refractivity contribution in [3.63, 3.8) is 0 Å². The summed E-state index contributed by atoms with van der Waals surface area (Å²) < 4.78 is 1.26. The molecule has 3 aromatic rings. The summed E-state index contributed by atoms with van der Waals surface area (Å²) in [6.07, 6.45) is 2.31. The first-order chi connectivity index (χ1) is 13.1. The molecule has 1 fully saturated rings. The number of anilines is 1. The number of rotatable bonds is 4. The van der Waals surface area contributed by atoms with Crippen LogP contribution in [0.15, 0.2) is 42.5 Å². The summed E-state index contributed by atoms with van der Waals surface area (Å²) in [5.41, 5.74) is 4.34. The molecule has 0 spiro atoms. The van der Waals surface area contributed by atoms with Crippen LogP contribution in [0.25, 0.3) is 10.2 Å². The van der Waals surface area contributed by atoms with Gasteiger partial charge in [-0.1, -0.05) is 29.8 Å². The first-order valence-electron chi connectivity index (χ1n) is 9.64. The van der Waals surface area contributed by atoms with Gasteiger partial charge in [0.1, 0.15) is 5.01 Å². The molecule has 5 heteroatoms. The number of likely N-dealkylation sites (tertiary alicyclic amines) is 1. The molecule has 4 rings (SSSR count). The lowest BCUT2D eigenvalue weighted by Gasteiger charge is -2.28. The molecule has 1 aliphatic rings. The number of fused-ring (bicyclic) bond motifs is 1. The second-order valence-electron chi connectivity index (χ2n) is 7.61. The number of thiazole rings is 1. The lowest BCUT2D eigenvalue weighted by Crippen LogP contribution is -3.14. The summed E-state index contributed by atoms with van der Waals surface area (Å²) in [7, 11) is 0. The van der Waals surface area contributed by atoms with E-state index in [1.165, 1.54) is 26.6 Å². The van der Waals surface area contributed by atoms with Crippen LogP contribution in [0.2, 0.25) is 0 Å². The highest BCUT2D eigenvalue weighted by atomic mass is 32.1. The number of carbonyl (C=O) groups is 1. The van der Waals surface area contributed by atoms with E-state index in [0.29, 0.717) is 12.5 Å². The van der Waals surface area contributed by atoms with Crippen molar-refractivity contribution in [1.82, 2.24) is 4.98 Å². The van der Waals surface area contributed by atoms with Crippen LogP contribution in [0.4, 0.5) is 5.69 Å². The van der Waals surface area contributed by atoms with E-state index < -0.39 is 0 Å². The third kappa shape index (κ3) is 4.20. The number of aromatic nitrogens is 1. The van der Waals surface area contributed by atoms with Gasteiger partial charge in [-0.05, 0) is 50.5 Å². The Morgan fingerprint density at radius 2 is 2.11 bits per heavy atom. The van der Waals surface area contributed by atoms with E-state index >= 15 is 0 Å². The van der Waals surface area contributed by atoms with Gasteiger partial charge in [0.25, 0.3) is 5.91 Å². The fourth-order valence-corrected chi connectivity index (χ4v) is 5.06. The van der Waals surface area contributed by atoms with Crippen molar-refractivity contribution in [3.8, 4) is 0 Å². The fraction of sp³-hybridized carbons (Fsp3) is 0.364. The van der Waals surface area contributed by atoms with Gasteiger partial charge in [0.2, 0.25) is 0 Å². The SMILES string of the molecule is Cc1ccc(NC(=O)C[NH+]2CCC[C@@H](c3nc4ccccc4s3)C2)c(C)c1. The van der Waals surface area contributed by atoms with Crippen LogP contribution in [0, 0.1) is 13.8 Å². The van der Waals surface area contributed by atoms with Crippen LogP contribution < -0.4 is 10.2 Å². The standard InChI is InChI=1S/C22H25N3OS/c1-15-9-10-18(16(2)12-15)23-21(26)14-25-11-5-6-17(13-25)22-24-19-7-3-4-8-20(19)27-22/h3-4,7-10,12,17H,5-6,11,13-14H2,1-2H3,(H,23,26)/p+1/t17-/m1/s1. The van der Waals surface area contributed by atoms with Crippen molar-refractivity contribution in [3.05, 3.63) is 58.6 Å². The summed E-state index contributed by atoms with van der Waals surface area (Å²) in [6, 6.07) is 14.5. The number of para-hydroxylation sites is 1. The number of nitrogens with zero attached hydrogens (tertiary/aromatic N) is 1. The fourth-order valence-electron chi connectivity index (χ4n) is 3.96. The lowest BCUT2D eigenvalue weighted by atomic mass is 9.99. The molecule has 1 aromatic heterocycles. The highest BCUT2D eigenvalue weighted by Gasteiger charge is 2.28. The third-order valence-corrected chi connectivity index (χ3v) is 6.54. The number of nitrogens with one attached hydrogen (secondary N) is 2. The Balaban J connectivity index is 1.40. The van der Waals surface area contributed by atoms with E-state index in [1.54, 1.807) is 11.3 Å². The second kappa shape index (κ2) is 7.79. The summed E-state index contributed by atoms with van der Waals surface area (Å²) in [5.74, 6) is 0.557. The van der Waals surface area contributed by atoms with Crippen LogP contribution in [0.1, 0.15) is 34.9 Å². The highest BCUT2D eigenvalue weighted by Crippen LogP contribution is 2.30. The minimum absolute atomic E-state index is 0.0990. The van der Waals surface area contributed by atoms with Gasteiger partial charge in [-0.3, -0.25) is 4.79 Å². The molecule has 0 radical (unpaired) electrons. The highest BCUT2D eigenvalue weighted by molar-refractivity contribution is 7.18. The quantitative estimate of drug-likeness (QED) is 0.729. The number of amides is 1. The average Bonchev–Trinajstić information content (AvgIpc) is 3.08. The van der Waals surface area contributed by atoms with Gasteiger partial charge < -0.3 is 10.2 Å². The first kappa shape index (κ1) is 18.1. The maximum atomic E-state index is 12.6. The molecule has 1 saturated heterocycles. The summed E-state index contributed by atoms with van der Waals surface area (Å²) in [5, 5.41) is 4.31. The van der Waals surface area contributed by atoms with Gasteiger partial charge in [-0.25, -0.2) is 4.98 Å². The minimum Gasteiger partial charge on any atom is -0.327 e. The van der Waals surface area contributed by atoms with Gasteiger partial charge in [0.15, 0.2) is 6.54 Å². The van der Waals surface area contributed by atoms with Gasteiger partial charge in [0.05, 0.1) is 29.2 Å². The molecule has 1 aliphatic heterocycles. The molecule has 2 aromatic carbocycles. The summed E-state index contributed by atoms with van der Waals surface area (Å²) in [6.45, 7) is 6.68. The topological polar surface area (TPSA) is 46.4 Å². The van der Waals surface area contributed by atoms with E-state index in [-0.39, 0.29) is 5.91 Å². The maximum absolute atomic E-state index is 12.6. The number of aryl methyl sites for hydroxylation is 2. The van der Waals surface area contributed by atoms with Crippen LogP contribution in [-0.2, 0) is 4.79 Å². The van der Waals surface area contributed by atoms with Crippen molar-refractivity contribution in [2.75, 3.05) is 25.0 Å². The van der Waals surface area contributed by atoms with Crippen molar-refractivity contribution >= 4 is 33.1 Å². The van der Waals surface area contributed by atoms with Crippen molar-refractivity contribution in [2.24, 2.45) is 0 Å². The monoisotopic (exact) mass is 380 g/mol. The van der Waals surface area contributed by atoms with E-state index in [2.05, 4.69) is 36.5 Å². The number of piperidine rings is 1. The molecule has 0 saturated carbocycles. The average molecular weight is 381 g/mol. The minimum atomic E-state index is 0.0990. The van der Waals surface area contributed by atoms with Crippen molar-refractivity contribution < 1.29 is 9.69 Å². The molecule has 27 heavy (non-hydrogen) atoms. The van der Waals surface area contributed by atoms with Crippen molar-refractivity contribution in [1.29, 1.82) is 0 Å². The zero-order valence-corrected chi connectivity index (χ0v) is 16.7. The van der Waals surface area contributed by atoms with E-state index in [0.717, 1.165) is 36.3 Å². The van der Waals surface area contributed by atoms with Crippen molar-refractivity contribution in [2.45, 2.75) is 32.6 Å². The van der Waals surface area contributed by atoms with Crippen LogP contribution in [0.5, 0.6) is 0 Å². The zero-order chi connectivity index (χ0) is 18.8. The van der Waals surface area contributed by atoms with E-state index in [9.17, 15) is 4.79 Å². The van der Waals surface area contributed by atoms with Gasteiger partial charge >= 0.3 is 0 Å². The normalized spacial score (nSPS) is 19.9. The molecular formula is C22H26N3OS+. The Morgan fingerprint density at radius 1 is 1.26 bits per heavy atom. The summed E-state index contributed by atoms with van der Waals surface area (Å²) >= 11 is 1.81. The predicted molar refractivity (Wildman–Crippen MR) is 112 cm³/mol. The Kier molecular flexibility index (Phi) is 5.23.